The number of aromatic nitrogens is 3. The van der Waals surface area contributed by atoms with E-state index in [-0.39, 0.29) is 5.91 Å². The third-order valence-electron chi connectivity index (χ3n) is 5.96. The van der Waals surface area contributed by atoms with Crippen LogP contribution in [0.1, 0.15) is 29.5 Å². The van der Waals surface area contributed by atoms with Crippen molar-refractivity contribution in [3.8, 4) is 11.4 Å². The molecule has 5 heteroatoms. The summed E-state index contributed by atoms with van der Waals surface area (Å²) in [5, 5.41) is 5.32. The Balaban J connectivity index is 1.37. The van der Waals surface area contributed by atoms with Crippen LogP contribution in [0.4, 0.5) is 0 Å². The van der Waals surface area contributed by atoms with Crippen LogP contribution < -0.4 is 5.32 Å². The van der Waals surface area contributed by atoms with Crippen LogP contribution >= 0.6 is 0 Å². The van der Waals surface area contributed by atoms with E-state index in [1.54, 1.807) is 12.4 Å². The number of nitrogens with one attached hydrogen (secondary N) is 2. The molecule has 0 radical (unpaired) electrons. The number of benzene rings is 2. The van der Waals surface area contributed by atoms with Crippen molar-refractivity contribution in [1.82, 2.24) is 20.3 Å². The minimum atomic E-state index is 0.0558. The van der Waals surface area contributed by atoms with Gasteiger partial charge in [0.25, 0.3) is 0 Å². The zero-order valence-electron chi connectivity index (χ0n) is 18.6. The highest BCUT2D eigenvalue weighted by Crippen LogP contribution is 2.32. The summed E-state index contributed by atoms with van der Waals surface area (Å²) >= 11 is 0. The molecule has 0 spiro atoms. The lowest BCUT2D eigenvalue weighted by Crippen LogP contribution is -2.22. The molecule has 1 amide bonds. The van der Waals surface area contributed by atoms with Crippen LogP contribution in [0.5, 0.6) is 0 Å². The molecule has 2 N–H and O–H groups in total. The molecule has 0 aliphatic heterocycles. The minimum absolute atomic E-state index is 0.0558. The van der Waals surface area contributed by atoms with Crippen molar-refractivity contribution in [1.29, 1.82) is 0 Å². The van der Waals surface area contributed by atoms with E-state index in [0.717, 1.165) is 46.2 Å². The highest BCUT2D eigenvalue weighted by atomic mass is 16.1. The SMILES string of the molecule is Cc1ccc2[nH]c(-c3ccc4ccccc4n3)c(CCCC(=O)NCc3cccnc3)c2c1. The first-order valence-corrected chi connectivity index (χ1v) is 11.3. The van der Waals surface area contributed by atoms with E-state index in [0.29, 0.717) is 13.0 Å². The van der Waals surface area contributed by atoms with E-state index < -0.39 is 0 Å². The van der Waals surface area contributed by atoms with Crippen LogP contribution in [-0.2, 0) is 17.8 Å². The van der Waals surface area contributed by atoms with Crippen LogP contribution in [0.25, 0.3) is 33.2 Å². The standard InChI is InChI=1S/C28H26N4O/c1-19-11-13-25-23(16-19)22(8-4-10-27(33)30-18-20-6-5-15-29-17-20)28(32-25)26-14-12-21-7-2-3-9-24(21)31-26/h2-3,5-7,9,11-17,32H,4,8,10,18H2,1H3,(H,30,33). The molecule has 3 heterocycles. The molecule has 0 aliphatic carbocycles. The molecule has 33 heavy (non-hydrogen) atoms. The number of rotatable bonds is 7. The second kappa shape index (κ2) is 9.25. The minimum Gasteiger partial charge on any atom is -0.353 e. The average Bonchev–Trinajstić information content (AvgIpc) is 3.20. The van der Waals surface area contributed by atoms with Gasteiger partial charge >= 0.3 is 0 Å². The summed E-state index contributed by atoms with van der Waals surface area (Å²) in [5.74, 6) is 0.0558. The van der Waals surface area contributed by atoms with E-state index >= 15 is 0 Å². The highest BCUT2D eigenvalue weighted by Gasteiger charge is 2.15. The zero-order valence-corrected chi connectivity index (χ0v) is 18.6. The number of aryl methyl sites for hydroxylation is 2. The average molecular weight is 435 g/mol. The molecular formula is C28H26N4O. The van der Waals surface area contributed by atoms with Crippen LogP contribution in [0.3, 0.4) is 0 Å². The quantitative estimate of drug-likeness (QED) is 0.344. The molecule has 0 aliphatic rings. The summed E-state index contributed by atoms with van der Waals surface area (Å²) in [6, 6.07) is 22.6. The summed E-state index contributed by atoms with van der Waals surface area (Å²) in [6.07, 6.45) is 5.55. The van der Waals surface area contributed by atoms with E-state index in [2.05, 4.69) is 58.6 Å². The fourth-order valence-corrected chi connectivity index (χ4v) is 4.26. The first-order valence-electron chi connectivity index (χ1n) is 11.3. The number of pyridine rings is 2. The maximum atomic E-state index is 12.4. The van der Waals surface area contributed by atoms with Crippen LogP contribution in [0.2, 0.25) is 0 Å². The number of fused-ring (bicyclic) bond motifs is 2. The number of hydrogen-bond acceptors (Lipinski definition) is 3. The fourth-order valence-electron chi connectivity index (χ4n) is 4.26. The van der Waals surface area contributed by atoms with E-state index in [1.165, 1.54) is 16.5 Å². The smallest absolute Gasteiger partial charge is 0.220 e. The maximum absolute atomic E-state index is 12.4. The number of para-hydroxylation sites is 1. The van der Waals surface area contributed by atoms with Crippen LogP contribution in [-0.4, -0.2) is 20.9 Å². The van der Waals surface area contributed by atoms with Gasteiger partial charge in [0.15, 0.2) is 0 Å². The van der Waals surface area contributed by atoms with Gasteiger partial charge in [-0.15, -0.1) is 0 Å². The Labute approximate surface area is 192 Å². The molecule has 0 saturated heterocycles. The Kier molecular flexibility index (Phi) is 5.85. The number of H-pyrrole nitrogens is 1. The second-order valence-electron chi connectivity index (χ2n) is 8.41. The lowest BCUT2D eigenvalue weighted by molar-refractivity contribution is -0.121. The van der Waals surface area contributed by atoms with Crippen molar-refractivity contribution in [3.05, 3.63) is 95.8 Å². The molecule has 2 aromatic carbocycles. The Bertz CT molecular complexity index is 1420. The lowest BCUT2D eigenvalue weighted by atomic mass is 10.0. The van der Waals surface area contributed by atoms with Gasteiger partial charge in [-0.05, 0) is 61.2 Å². The third kappa shape index (κ3) is 4.62. The number of amides is 1. The molecule has 5 rings (SSSR count). The van der Waals surface area contributed by atoms with Gasteiger partial charge in [0.2, 0.25) is 5.91 Å². The number of aromatic amines is 1. The molecule has 5 aromatic rings. The largest absolute Gasteiger partial charge is 0.353 e. The second-order valence-corrected chi connectivity index (χ2v) is 8.41. The first kappa shape index (κ1) is 20.9. The lowest BCUT2D eigenvalue weighted by Gasteiger charge is -2.08. The van der Waals surface area contributed by atoms with Gasteiger partial charge in [-0.3, -0.25) is 9.78 Å². The van der Waals surface area contributed by atoms with Gasteiger partial charge < -0.3 is 10.3 Å². The van der Waals surface area contributed by atoms with Crippen molar-refractivity contribution in [2.75, 3.05) is 0 Å². The molecule has 5 nitrogen and oxygen atoms in total. The van der Waals surface area contributed by atoms with Gasteiger partial charge in [-0.25, -0.2) is 4.98 Å². The van der Waals surface area contributed by atoms with Crippen molar-refractivity contribution in [2.24, 2.45) is 0 Å². The summed E-state index contributed by atoms with van der Waals surface area (Å²) in [6.45, 7) is 2.61. The number of carbonyl (C=O) groups is 1. The van der Waals surface area contributed by atoms with Gasteiger partial charge in [0, 0.05) is 41.6 Å². The number of nitrogens with zero attached hydrogens (tertiary/aromatic N) is 2. The highest BCUT2D eigenvalue weighted by molar-refractivity contribution is 5.92. The Morgan fingerprint density at radius 1 is 1.03 bits per heavy atom. The van der Waals surface area contributed by atoms with Crippen molar-refractivity contribution < 1.29 is 4.79 Å². The zero-order chi connectivity index (χ0) is 22.6. The predicted molar refractivity (Wildman–Crippen MR) is 133 cm³/mol. The summed E-state index contributed by atoms with van der Waals surface area (Å²) in [7, 11) is 0. The first-order chi connectivity index (χ1) is 16.2. The molecule has 164 valence electrons. The van der Waals surface area contributed by atoms with E-state index in [4.69, 9.17) is 4.98 Å². The summed E-state index contributed by atoms with van der Waals surface area (Å²) in [4.78, 5) is 25.0. The molecule has 0 atom stereocenters. The van der Waals surface area contributed by atoms with Crippen molar-refractivity contribution in [2.45, 2.75) is 32.7 Å². The van der Waals surface area contributed by atoms with E-state index in [9.17, 15) is 4.79 Å². The molecule has 0 fully saturated rings. The van der Waals surface area contributed by atoms with Crippen LogP contribution in [0.15, 0.2) is 79.1 Å². The van der Waals surface area contributed by atoms with Gasteiger partial charge in [0.05, 0.1) is 16.9 Å². The fraction of sp³-hybridized carbons (Fsp3) is 0.179. The van der Waals surface area contributed by atoms with Crippen molar-refractivity contribution in [3.63, 3.8) is 0 Å². The monoisotopic (exact) mass is 434 g/mol. The van der Waals surface area contributed by atoms with Gasteiger partial charge in [-0.1, -0.05) is 42.0 Å². The third-order valence-corrected chi connectivity index (χ3v) is 5.96. The topological polar surface area (TPSA) is 70.7 Å². The van der Waals surface area contributed by atoms with E-state index in [1.807, 2.05) is 30.3 Å². The number of hydrogen-bond donors (Lipinski definition) is 2. The molecule has 0 unspecified atom stereocenters. The predicted octanol–water partition coefficient (Wildman–Crippen LogP) is 5.73. The molecule has 0 bridgehead atoms. The van der Waals surface area contributed by atoms with Gasteiger partial charge in [0.1, 0.15) is 0 Å². The summed E-state index contributed by atoms with van der Waals surface area (Å²) < 4.78 is 0. The normalized spacial score (nSPS) is 11.2. The molecular weight excluding hydrogens is 408 g/mol. The Morgan fingerprint density at radius 2 is 1.94 bits per heavy atom. The Hall–Kier alpha value is -3.99. The number of carbonyl (C=O) groups excluding carboxylic acids is 1. The molecule has 3 aromatic heterocycles. The molecule has 0 saturated carbocycles. The Morgan fingerprint density at radius 3 is 2.82 bits per heavy atom. The van der Waals surface area contributed by atoms with Crippen molar-refractivity contribution >= 4 is 27.7 Å². The summed E-state index contributed by atoms with van der Waals surface area (Å²) in [5.41, 5.74) is 7.48. The van der Waals surface area contributed by atoms with Gasteiger partial charge in [-0.2, -0.15) is 0 Å². The van der Waals surface area contributed by atoms with Crippen LogP contribution in [0, 0.1) is 6.92 Å². The maximum Gasteiger partial charge on any atom is 0.220 e.